The lowest BCUT2D eigenvalue weighted by Crippen LogP contribution is -2.38. The fraction of sp³-hybridized carbons (Fsp3) is 0.750. The van der Waals surface area contributed by atoms with Crippen molar-refractivity contribution in [3.05, 3.63) is 16.1 Å². The molecule has 1 aromatic rings. The predicted octanol–water partition coefficient (Wildman–Crippen LogP) is 3.08. The molecule has 0 unspecified atom stereocenters. The van der Waals surface area contributed by atoms with Crippen LogP contribution in [0.15, 0.2) is 10.4 Å². The molecule has 1 aromatic heterocycles. The topological polar surface area (TPSA) is 58.5 Å². The molecule has 0 spiro atoms. The van der Waals surface area contributed by atoms with Crippen LogP contribution in [0.2, 0.25) is 0 Å². The Kier molecular flexibility index (Phi) is 7.95. The maximum Gasteiger partial charge on any atom is 0.434 e. The van der Waals surface area contributed by atoms with Gasteiger partial charge in [0.25, 0.3) is 0 Å². The van der Waals surface area contributed by atoms with Gasteiger partial charge < -0.3 is 15.4 Å². The first-order valence-corrected chi connectivity index (χ1v) is 9.48. The Labute approximate surface area is 150 Å². The van der Waals surface area contributed by atoms with Crippen LogP contribution in [0.1, 0.15) is 36.9 Å². The summed E-state index contributed by atoms with van der Waals surface area (Å²) in [5, 5.41) is 7.75. The smallest absolute Gasteiger partial charge is 0.381 e. The first-order chi connectivity index (χ1) is 12.0. The van der Waals surface area contributed by atoms with Crippen LogP contribution in [-0.2, 0) is 17.3 Å². The van der Waals surface area contributed by atoms with E-state index in [2.05, 4.69) is 20.6 Å². The second kappa shape index (κ2) is 9.96. The van der Waals surface area contributed by atoms with E-state index in [0.29, 0.717) is 37.1 Å². The summed E-state index contributed by atoms with van der Waals surface area (Å²) in [5.41, 5.74) is -0.820. The number of ether oxygens (including phenoxy) is 1. The van der Waals surface area contributed by atoms with E-state index in [4.69, 9.17) is 4.74 Å². The maximum atomic E-state index is 12.5. The first-order valence-electron chi connectivity index (χ1n) is 8.60. The van der Waals surface area contributed by atoms with Gasteiger partial charge in [0.2, 0.25) is 0 Å². The summed E-state index contributed by atoms with van der Waals surface area (Å²) < 4.78 is 43.1. The zero-order chi connectivity index (χ0) is 18.1. The number of aromatic nitrogens is 1. The quantitative estimate of drug-likeness (QED) is 0.373. The minimum absolute atomic E-state index is 0.426. The van der Waals surface area contributed by atoms with Gasteiger partial charge in [0.1, 0.15) is 0 Å². The fourth-order valence-electron chi connectivity index (χ4n) is 2.08. The molecule has 9 heteroatoms. The van der Waals surface area contributed by atoms with Crippen molar-refractivity contribution < 1.29 is 17.9 Å². The lowest BCUT2D eigenvalue weighted by atomic mass is 10.4. The summed E-state index contributed by atoms with van der Waals surface area (Å²) in [7, 11) is 0. The van der Waals surface area contributed by atoms with Crippen LogP contribution >= 0.6 is 11.3 Å². The molecular formula is C16H25F3N4OS. The minimum atomic E-state index is -4.37. The molecule has 1 aliphatic carbocycles. The third-order valence-corrected chi connectivity index (χ3v) is 4.49. The molecule has 25 heavy (non-hydrogen) atoms. The Balaban J connectivity index is 1.65. The van der Waals surface area contributed by atoms with Gasteiger partial charge in [0, 0.05) is 44.6 Å². The van der Waals surface area contributed by atoms with Gasteiger partial charge in [-0.2, -0.15) is 13.2 Å². The van der Waals surface area contributed by atoms with E-state index in [-0.39, 0.29) is 0 Å². The standard InChI is InChI=1S/C16H25F3N4OS/c1-2-20-15(21-7-3-9-24-10-12-4-5-12)22-8-6-14-23-13(11-25-14)16(17,18)19/h11-12H,2-10H2,1H3,(H2,20,21,22). The van der Waals surface area contributed by atoms with E-state index in [1.165, 1.54) is 12.8 Å². The van der Waals surface area contributed by atoms with Crippen LogP contribution in [0, 0.1) is 5.92 Å². The summed E-state index contributed by atoms with van der Waals surface area (Å²) in [6.45, 7) is 5.38. The SMILES string of the molecule is CCNC(=NCCCOCC1CC1)NCCc1nc(C(F)(F)F)cs1. The van der Waals surface area contributed by atoms with E-state index in [0.717, 1.165) is 42.2 Å². The Bertz CT molecular complexity index is 544. The van der Waals surface area contributed by atoms with E-state index in [1.54, 1.807) is 0 Å². The van der Waals surface area contributed by atoms with Crippen LogP contribution in [0.25, 0.3) is 0 Å². The predicted molar refractivity (Wildman–Crippen MR) is 93.0 cm³/mol. The Morgan fingerprint density at radius 2 is 2.20 bits per heavy atom. The highest BCUT2D eigenvalue weighted by Crippen LogP contribution is 2.30. The number of alkyl halides is 3. The van der Waals surface area contributed by atoms with Crippen molar-refractivity contribution in [1.82, 2.24) is 15.6 Å². The Morgan fingerprint density at radius 1 is 1.40 bits per heavy atom. The lowest BCUT2D eigenvalue weighted by molar-refractivity contribution is -0.140. The Morgan fingerprint density at radius 3 is 2.84 bits per heavy atom. The van der Waals surface area contributed by atoms with Crippen molar-refractivity contribution in [2.45, 2.75) is 38.8 Å². The van der Waals surface area contributed by atoms with Gasteiger partial charge in [-0.15, -0.1) is 11.3 Å². The zero-order valence-electron chi connectivity index (χ0n) is 14.4. The van der Waals surface area contributed by atoms with E-state index in [9.17, 15) is 13.2 Å². The van der Waals surface area contributed by atoms with Gasteiger partial charge in [0.05, 0.1) is 5.01 Å². The van der Waals surface area contributed by atoms with Gasteiger partial charge in [-0.25, -0.2) is 4.98 Å². The molecule has 0 amide bonds. The van der Waals surface area contributed by atoms with Crippen LogP contribution in [-0.4, -0.2) is 43.8 Å². The lowest BCUT2D eigenvalue weighted by Gasteiger charge is -2.10. The van der Waals surface area contributed by atoms with Crippen molar-refractivity contribution in [1.29, 1.82) is 0 Å². The van der Waals surface area contributed by atoms with Gasteiger partial charge >= 0.3 is 6.18 Å². The first kappa shape index (κ1) is 20.0. The summed E-state index contributed by atoms with van der Waals surface area (Å²) in [6, 6.07) is 0. The van der Waals surface area contributed by atoms with Crippen LogP contribution in [0.4, 0.5) is 13.2 Å². The van der Waals surface area contributed by atoms with Crippen molar-refractivity contribution in [3.63, 3.8) is 0 Å². The summed E-state index contributed by atoms with van der Waals surface area (Å²) in [4.78, 5) is 8.06. The van der Waals surface area contributed by atoms with Gasteiger partial charge in [-0.05, 0) is 32.1 Å². The molecular weight excluding hydrogens is 353 g/mol. The molecule has 1 saturated carbocycles. The highest BCUT2D eigenvalue weighted by atomic mass is 32.1. The number of aliphatic imine (C=N–C) groups is 1. The highest BCUT2D eigenvalue weighted by Gasteiger charge is 2.33. The van der Waals surface area contributed by atoms with Crippen LogP contribution in [0.5, 0.6) is 0 Å². The monoisotopic (exact) mass is 378 g/mol. The van der Waals surface area contributed by atoms with Crippen LogP contribution in [0.3, 0.4) is 0 Å². The number of hydrogen-bond donors (Lipinski definition) is 2. The molecule has 5 nitrogen and oxygen atoms in total. The van der Waals surface area contributed by atoms with Crippen LogP contribution < -0.4 is 10.6 Å². The third-order valence-electron chi connectivity index (χ3n) is 3.58. The van der Waals surface area contributed by atoms with Crippen molar-refractivity contribution in [3.8, 4) is 0 Å². The molecule has 142 valence electrons. The van der Waals surface area contributed by atoms with E-state index < -0.39 is 11.9 Å². The normalized spacial score (nSPS) is 15.4. The molecule has 0 saturated heterocycles. The number of thiazole rings is 1. The summed E-state index contributed by atoms with van der Waals surface area (Å²) in [6.07, 6.45) is -0.521. The number of hydrogen-bond acceptors (Lipinski definition) is 4. The number of nitrogens with zero attached hydrogens (tertiary/aromatic N) is 2. The van der Waals surface area contributed by atoms with Gasteiger partial charge in [0.15, 0.2) is 11.7 Å². The average molecular weight is 378 g/mol. The average Bonchev–Trinajstić information content (AvgIpc) is 3.24. The highest BCUT2D eigenvalue weighted by molar-refractivity contribution is 7.09. The minimum Gasteiger partial charge on any atom is -0.381 e. The molecule has 0 atom stereocenters. The summed E-state index contributed by atoms with van der Waals surface area (Å²) in [5.74, 6) is 1.43. The molecule has 2 rings (SSSR count). The maximum absolute atomic E-state index is 12.5. The number of guanidine groups is 1. The summed E-state index contributed by atoms with van der Waals surface area (Å²) >= 11 is 1.03. The number of nitrogens with one attached hydrogen (secondary N) is 2. The van der Waals surface area contributed by atoms with Crippen molar-refractivity contribution in [2.75, 3.05) is 32.8 Å². The molecule has 0 bridgehead atoms. The molecule has 2 N–H and O–H groups in total. The second-order valence-corrected chi connectivity index (χ2v) is 6.88. The van der Waals surface area contributed by atoms with Crippen molar-refractivity contribution >= 4 is 17.3 Å². The zero-order valence-corrected chi connectivity index (χ0v) is 15.2. The van der Waals surface area contributed by atoms with E-state index in [1.807, 2.05) is 6.92 Å². The molecule has 0 aliphatic heterocycles. The fourth-order valence-corrected chi connectivity index (χ4v) is 2.88. The number of rotatable bonds is 10. The third kappa shape index (κ3) is 8.04. The molecule has 1 heterocycles. The molecule has 0 radical (unpaired) electrons. The van der Waals surface area contributed by atoms with Gasteiger partial charge in [-0.3, -0.25) is 4.99 Å². The molecule has 1 fully saturated rings. The molecule has 0 aromatic carbocycles. The second-order valence-electron chi connectivity index (χ2n) is 5.93. The Hall–Kier alpha value is -1.35. The van der Waals surface area contributed by atoms with Gasteiger partial charge in [-0.1, -0.05) is 0 Å². The molecule has 1 aliphatic rings. The van der Waals surface area contributed by atoms with E-state index >= 15 is 0 Å². The number of halogens is 3. The van der Waals surface area contributed by atoms with Crippen molar-refractivity contribution in [2.24, 2.45) is 10.9 Å². The largest absolute Gasteiger partial charge is 0.434 e.